The SMILES string of the molecule is O=c1c(OP(=O)(O)O)c(-c2ccc(O)c(O)c2)oc2cc(O)cc(O)c12. The van der Waals surface area contributed by atoms with Crippen molar-refractivity contribution in [2.45, 2.75) is 0 Å². The van der Waals surface area contributed by atoms with Crippen LogP contribution in [0.25, 0.3) is 22.3 Å². The normalized spacial score (nSPS) is 11.6. The number of rotatable bonds is 3. The van der Waals surface area contributed by atoms with E-state index in [4.69, 9.17) is 14.2 Å². The van der Waals surface area contributed by atoms with Crippen molar-refractivity contribution in [3.8, 4) is 40.1 Å². The summed E-state index contributed by atoms with van der Waals surface area (Å²) < 4.78 is 21.0. The molecular weight excluding hydrogens is 371 g/mol. The van der Waals surface area contributed by atoms with Gasteiger partial charge in [-0.15, -0.1) is 0 Å². The maximum absolute atomic E-state index is 12.6. The number of benzene rings is 2. The molecule has 0 unspecified atom stereocenters. The van der Waals surface area contributed by atoms with Crippen molar-refractivity contribution in [3.63, 3.8) is 0 Å². The number of hydrogen-bond acceptors (Lipinski definition) is 8. The molecule has 10 nitrogen and oxygen atoms in total. The molecule has 26 heavy (non-hydrogen) atoms. The third kappa shape index (κ3) is 3.16. The van der Waals surface area contributed by atoms with E-state index in [-0.39, 0.29) is 11.1 Å². The predicted octanol–water partition coefficient (Wildman–Crippen LogP) is 1.75. The Kier molecular flexibility index (Phi) is 4.03. The second-order valence-corrected chi connectivity index (χ2v) is 6.38. The maximum atomic E-state index is 12.6. The summed E-state index contributed by atoms with van der Waals surface area (Å²) in [6, 6.07) is 5.05. The van der Waals surface area contributed by atoms with Crippen molar-refractivity contribution < 1.29 is 43.7 Å². The smallest absolute Gasteiger partial charge is 0.508 e. The van der Waals surface area contributed by atoms with Crippen LogP contribution in [0.2, 0.25) is 0 Å². The highest BCUT2D eigenvalue weighted by molar-refractivity contribution is 7.46. The largest absolute Gasteiger partial charge is 0.525 e. The third-order valence-electron chi connectivity index (χ3n) is 3.37. The lowest BCUT2D eigenvalue weighted by Gasteiger charge is -2.13. The lowest BCUT2D eigenvalue weighted by Crippen LogP contribution is -2.09. The molecule has 0 aliphatic carbocycles. The molecule has 0 spiro atoms. The summed E-state index contributed by atoms with van der Waals surface area (Å²) in [6.07, 6.45) is 0. The van der Waals surface area contributed by atoms with Gasteiger partial charge in [-0.25, -0.2) is 4.57 Å². The fourth-order valence-electron chi connectivity index (χ4n) is 2.32. The molecule has 0 fully saturated rings. The van der Waals surface area contributed by atoms with Gasteiger partial charge in [0.2, 0.25) is 11.2 Å². The van der Waals surface area contributed by atoms with Crippen LogP contribution in [-0.4, -0.2) is 30.2 Å². The highest BCUT2D eigenvalue weighted by atomic mass is 31.2. The van der Waals surface area contributed by atoms with Gasteiger partial charge < -0.3 is 29.4 Å². The van der Waals surface area contributed by atoms with Gasteiger partial charge in [0.15, 0.2) is 17.3 Å². The van der Waals surface area contributed by atoms with E-state index in [1.54, 1.807) is 0 Å². The molecule has 0 atom stereocenters. The molecule has 1 aromatic heterocycles. The van der Waals surface area contributed by atoms with Gasteiger partial charge in [0.05, 0.1) is 0 Å². The zero-order valence-corrected chi connectivity index (χ0v) is 13.5. The first-order valence-corrected chi connectivity index (χ1v) is 8.40. The lowest BCUT2D eigenvalue weighted by molar-refractivity contribution is 0.280. The summed E-state index contributed by atoms with van der Waals surface area (Å²) in [6.45, 7) is 0. The third-order valence-corrected chi connectivity index (χ3v) is 3.79. The van der Waals surface area contributed by atoms with E-state index in [2.05, 4.69) is 4.52 Å². The van der Waals surface area contributed by atoms with Crippen LogP contribution < -0.4 is 9.95 Å². The Morgan fingerprint density at radius 2 is 1.62 bits per heavy atom. The van der Waals surface area contributed by atoms with Crippen LogP contribution in [0.3, 0.4) is 0 Å². The Balaban J connectivity index is 2.42. The van der Waals surface area contributed by atoms with E-state index in [1.807, 2.05) is 0 Å². The Bertz CT molecular complexity index is 1130. The van der Waals surface area contributed by atoms with E-state index >= 15 is 0 Å². The van der Waals surface area contributed by atoms with Crippen LogP contribution in [0.5, 0.6) is 28.7 Å². The minimum absolute atomic E-state index is 0.0643. The summed E-state index contributed by atoms with van der Waals surface area (Å²) >= 11 is 0. The number of aromatic hydroxyl groups is 4. The summed E-state index contributed by atoms with van der Waals surface area (Å²) in [5.74, 6) is -3.61. The second-order valence-electron chi connectivity index (χ2n) is 5.21. The van der Waals surface area contributed by atoms with Gasteiger partial charge >= 0.3 is 7.82 Å². The van der Waals surface area contributed by atoms with E-state index in [0.717, 1.165) is 24.3 Å². The van der Waals surface area contributed by atoms with Crippen LogP contribution in [0, 0.1) is 0 Å². The quantitative estimate of drug-likeness (QED) is 0.289. The van der Waals surface area contributed by atoms with Crippen LogP contribution in [-0.2, 0) is 4.57 Å². The lowest BCUT2D eigenvalue weighted by atomic mass is 10.1. The minimum atomic E-state index is -5.19. The molecular formula is C15H11O10P. The number of phenolic OH excluding ortho intramolecular Hbond substituents is 4. The molecule has 0 amide bonds. The van der Waals surface area contributed by atoms with Crippen molar-refractivity contribution in [2.75, 3.05) is 0 Å². The van der Waals surface area contributed by atoms with E-state index in [1.165, 1.54) is 6.07 Å². The maximum Gasteiger partial charge on any atom is 0.525 e. The molecule has 136 valence electrons. The van der Waals surface area contributed by atoms with Crippen molar-refractivity contribution >= 4 is 18.8 Å². The first kappa shape index (κ1) is 17.6. The highest BCUT2D eigenvalue weighted by Gasteiger charge is 2.27. The standard InChI is InChI=1S/C15H11O10P/c16-7-4-10(19)12-11(5-7)24-14(6-1-2-8(17)9(18)3-6)15(13(12)20)25-26(21,22)23/h1-5,16-19H,(H2,21,22,23). The van der Waals surface area contributed by atoms with Crippen LogP contribution in [0.15, 0.2) is 39.5 Å². The number of phenols is 4. The van der Waals surface area contributed by atoms with Crippen LogP contribution in [0.1, 0.15) is 0 Å². The molecule has 0 aliphatic heterocycles. The van der Waals surface area contributed by atoms with Crippen molar-refractivity contribution in [1.82, 2.24) is 0 Å². The first-order valence-electron chi connectivity index (χ1n) is 6.87. The monoisotopic (exact) mass is 382 g/mol. The molecule has 0 bridgehead atoms. The van der Waals surface area contributed by atoms with Crippen LogP contribution in [0.4, 0.5) is 0 Å². The van der Waals surface area contributed by atoms with E-state index < -0.39 is 53.1 Å². The number of fused-ring (bicyclic) bond motifs is 1. The van der Waals surface area contributed by atoms with Crippen LogP contribution >= 0.6 is 7.82 Å². The summed E-state index contributed by atoms with van der Waals surface area (Å²) in [7, 11) is -5.19. The Morgan fingerprint density at radius 3 is 2.23 bits per heavy atom. The van der Waals surface area contributed by atoms with E-state index in [9.17, 15) is 29.8 Å². The average molecular weight is 382 g/mol. The Labute approximate surface area is 144 Å². The van der Waals surface area contributed by atoms with E-state index in [0.29, 0.717) is 0 Å². The van der Waals surface area contributed by atoms with Gasteiger partial charge in [-0.05, 0) is 18.2 Å². The summed E-state index contributed by atoms with van der Waals surface area (Å²) in [4.78, 5) is 30.7. The molecule has 3 aromatic rings. The molecule has 3 rings (SSSR count). The molecule has 0 saturated heterocycles. The zero-order chi connectivity index (χ0) is 19.2. The van der Waals surface area contributed by atoms with Crippen molar-refractivity contribution in [2.24, 2.45) is 0 Å². The number of phosphoric acid groups is 1. The summed E-state index contributed by atoms with van der Waals surface area (Å²) in [5, 5.41) is 37.9. The molecule has 1 heterocycles. The second kappa shape index (κ2) is 5.95. The minimum Gasteiger partial charge on any atom is -0.508 e. The van der Waals surface area contributed by atoms with Crippen molar-refractivity contribution in [1.29, 1.82) is 0 Å². The number of phosphoric ester groups is 1. The fourth-order valence-corrected chi connectivity index (χ4v) is 2.73. The molecule has 6 N–H and O–H groups in total. The number of hydrogen-bond donors (Lipinski definition) is 6. The van der Waals surface area contributed by atoms with Crippen molar-refractivity contribution in [3.05, 3.63) is 40.6 Å². The highest BCUT2D eigenvalue weighted by Crippen LogP contribution is 2.44. The Morgan fingerprint density at radius 1 is 0.923 bits per heavy atom. The summed E-state index contributed by atoms with van der Waals surface area (Å²) in [5.41, 5.74) is -1.48. The average Bonchev–Trinajstić information content (AvgIpc) is 2.50. The predicted molar refractivity (Wildman–Crippen MR) is 87.3 cm³/mol. The zero-order valence-electron chi connectivity index (χ0n) is 12.7. The molecule has 0 saturated carbocycles. The van der Waals surface area contributed by atoms with Gasteiger partial charge in [0.25, 0.3) is 0 Å². The molecule has 11 heteroatoms. The van der Waals surface area contributed by atoms with Gasteiger partial charge in [0.1, 0.15) is 22.5 Å². The van der Waals surface area contributed by atoms with Gasteiger partial charge in [-0.3, -0.25) is 14.6 Å². The fraction of sp³-hybridized carbons (Fsp3) is 0. The topological polar surface area (TPSA) is 178 Å². The Hall–Kier alpha value is -3.20. The first-order chi connectivity index (χ1) is 12.1. The molecule has 0 aliphatic rings. The molecule has 2 aromatic carbocycles. The van der Waals surface area contributed by atoms with Gasteiger partial charge in [-0.1, -0.05) is 0 Å². The molecule has 0 radical (unpaired) electrons. The van der Waals surface area contributed by atoms with Gasteiger partial charge in [-0.2, -0.15) is 0 Å². The van der Waals surface area contributed by atoms with Gasteiger partial charge in [0, 0.05) is 17.7 Å².